The van der Waals surface area contributed by atoms with Crippen LogP contribution >= 0.6 is 0 Å². The van der Waals surface area contributed by atoms with Gasteiger partial charge in [0.15, 0.2) is 0 Å². The molecule has 1 aliphatic rings. The quantitative estimate of drug-likeness (QED) is 0.311. The van der Waals surface area contributed by atoms with Crippen LogP contribution in [-0.2, 0) is 0 Å². The van der Waals surface area contributed by atoms with Gasteiger partial charge in [0.1, 0.15) is 0 Å². The maximum absolute atomic E-state index is 4.05. The van der Waals surface area contributed by atoms with Crippen LogP contribution in [0.3, 0.4) is 0 Å². The third kappa shape index (κ3) is 0.814. The van der Waals surface area contributed by atoms with Gasteiger partial charge in [0.05, 0.1) is 0 Å². The van der Waals surface area contributed by atoms with Crippen LogP contribution in [-0.4, -0.2) is 12.8 Å². The largest absolute Gasteiger partial charge is 0.298 e. The van der Waals surface area contributed by atoms with Crippen LogP contribution in [0.15, 0.2) is 4.99 Å². The average molecular weight is 87.1 g/mol. The molecule has 0 aromatic carbocycles. The van der Waals surface area contributed by atoms with Crippen LogP contribution < -0.4 is 0 Å². The molecule has 0 aromatic heterocycles. The van der Waals surface area contributed by atoms with E-state index in [9.17, 15) is 0 Å². The van der Waals surface area contributed by atoms with E-state index >= 15 is 0 Å². The van der Waals surface area contributed by atoms with Crippen molar-refractivity contribution in [2.75, 3.05) is 6.54 Å². The van der Waals surface area contributed by atoms with E-state index in [2.05, 4.69) is 4.99 Å². The predicted octanol–water partition coefficient (Wildman–Crippen LogP) is 1.24. The molecule has 1 heterocycles. The Morgan fingerprint density at radius 2 is 2.33 bits per heavy atom. The molecule has 1 heteroatoms. The molecular weight excluding hydrogens is 78.0 g/mol. The van der Waals surface area contributed by atoms with E-state index < -0.39 is 0 Å². The van der Waals surface area contributed by atoms with E-state index in [1.54, 1.807) is 0 Å². The monoisotopic (exact) mass is 87.1 g/mol. The highest BCUT2D eigenvalue weighted by Gasteiger charge is 1.88. The molecule has 0 bridgehead atoms. The Morgan fingerprint density at radius 1 is 1.33 bits per heavy atom. The van der Waals surface area contributed by atoms with Gasteiger partial charge < -0.3 is 0 Å². The van der Waals surface area contributed by atoms with Crippen molar-refractivity contribution in [3.8, 4) is 0 Å². The summed E-state index contributed by atoms with van der Waals surface area (Å²) in [6.45, 7) is 1.07. The molecule has 0 atom stereocenters. The molecule has 1 aliphatic heterocycles. The van der Waals surface area contributed by atoms with Crippen molar-refractivity contribution >= 4 is 6.21 Å². The smallest absolute Gasteiger partial charge is 0.0385 e. The predicted molar refractivity (Wildman–Crippen MR) is 27.2 cm³/mol. The van der Waals surface area contributed by atoms with Gasteiger partial charge in [-0.05, 0) is 25.5 Å². The Labute approximate surface area is 38.1 Å². The highest BCUT2D eigenvalue weighted by molar-refractivity contribution is 5.57. The summed E-state index contributed by atoms with van der Waals surface area (Å²) in [6.07, 6.45) is 5.88. The van der Waals surface area contributed by atoms with E-state index in [0.29, 0.717) is 0 Å². The van der Waals surface area contributed by atoms with Crippen LogP contribution in [0.25, 0.3) is 0 Å². The Kier molecular flexibility index (Phi) is 1.25. The van der Waals surface area contributed by atoms with Gasteiger partial charge >= 0.3 is 0 Å². The summed E-state index contributed by atoms with van der Waals surface area (Å²) >= 11 is 0. The maximum Gasteiger partial charge on any atom is 0.0385 e. The third-order valence-electron chi connectivity index (χ3n) is 1.000. The lowest BCUT2D eigenvalue weighted by atomic mass is 10.6. The van der Waals surface area contributed by atoms with Crippen molar-refractivity contribution < 1.29 is 0 Å². The van der Waals surface area contributed by atoms with E-state index in [1.165, 1.54) is 19.3 Å². The fourth-order valence-electron chi connectivity index (χ4n) is 0.621. The summed E-state index contributed by atoms with van der Waals surface area (Å²) in [5, 5.41) is 0. The summed E-state index contributed by atoms with van der Waals surface area (Å²) in [4.78, 5) is 4.05. The van der Waals surface area contributed by atoms with Crippen molar-refractivity contribution in [3.05, 3.63) is 0 Å². The van der Waals surface area contributed by atoms with E-state index in [-0.39, 0.29) is 0 Å². The van der Waals surface area contributed by atoms with E-state index in [4.69, 9.17) is 0 Å². The fourth-order valence-corrected chi connectivity index (χ4v) is 0.621. The van der Waals surface area contributed by atoms with Crippen molar-refractivity contribution in [2.24, 2.45) is 4.99 Å². The van der Waals surface area contributed by atoms with Crippen LogP contribution in [0.5, 0.6) is 0 Å². The Hall–Kier alpha value is -0.330. The van der Waals surface area contributed by atoms with Gasteiger partial charge in [0.25, 0.3) is 0 Å². The second-order valence-corrected chi connectivity index (χ2v) is 1.58. The number of rotatable bonds is 0. The number of aliphatic imine (C=N–C) groups is 1. The zero-order chi connectivity index (χ0) is 4.24. The molecule has 0 spiro atoms. The molecule has 1 nitrogen and oxygen atoms in total. The van der Waals surface area contributed by atoms with Crippen molar-refractivity contribution in [3.63, 3.8) is 0 Å². The topological polar surface area (TPSA) is 12.4 Å². The molecule has 6 heavy (non-hydrogen) atoms. The molecule has 0 saturated carbocycles. The van der Waals surface area contributed by atoms with E-state index in [0.717, 1.165) is 6.54 Å². The van der Waals surface area contributed by atoms with Gasteiger partial charge in [-0.1, -0.05) is 0 Å². The summed E-state index contributed by atoms with van der Waals surface area (Å²) in [6, 6.07) is 0. The first kappa shape index (κ1) is 3.85. The van der Waals surface area contributed by atoms with Gasteiger partial charge in [-0.2, -0.15) is 0 Å². The lowest BCUT2D eigenvalue weighted by molar-refractivity contribution is 0.749. The Balaban J connectivity index is 2.26. The molecule has 0 unspecified atom stereocenters. The van der Waals surface area contributed by atoms with Gasteiger partial charge in [-0.25, -0.2) is 0 Å². The normalized spacial score (nSPS) is 21.3. The molecule has 0 amide bonds. The fraction of sp³-hybridized carbons (Fsp3) is 0.800. The van der Waals surface area contributed by atoms with Crippen LogP contribution in [0.4, 0.5) is 0 Å². The number of nitrogens with zero attached hydrogens (tertiary/aromatic N) is 1. The minimum Gasteiger partial charge on any atom is -0.298 e. The van der Waals surface area contributed by atoms with Crippen LogP contribution in [0.2, 0.25) is 0 Å². The number of hydrogen-bond acceptors (Lipinski definition) is 1. The minimum atomic E-state index is 1.07. The SMILES string of the molecule is C1=[15N][13CH2][13CH2][13CH2]C1. The molecule has 0 fully saturated rings. The van der Waals surface area contributed by atoms with Crippen molar-refractivity contribution in [1.29, 1.82) is 0 Å². The minimum absolute atomic E-state index is 1.07. The van der Waals surface area contributed by atoms with Gasteiger partial charge in [-0.3, -0.25) is 4.99 Å². The lowest BCUT2D eigenvalue weighted by Crippen LogP contribution is -1.89. The van der Waals surface area contributed by atoms with Gasteiger partial charge in [0, 0.05) is 6.54 Å². The first-order valence-electron chi connectivity index (χ1n) is 2.48. The van der Waals surface area contributed by atoms with Crippen molar-refractivity contribution in [2.45, 2.75) is 19.3 Å². The van der Waals surface area contributed by atoms with Crippen LogP contribution in [0, 0.1) is 0 Å². The molecule has 0 saturated heterocycles. The molecule has 0 aromatic rings. The molecule has 0 N–H and O–H groups in total. The molecular formula is C5H9N. The molecule has 0 radical (unpaired) electrons. The second kappa shape index (κ2) is 1.96. The first-order chi connectivity index (χ1) is 3.00. The highest BCUT2D eigenvalue weighted by Crippen LogP contribution is 1.97. The molecule has 0 aliphatic carbocycles. The lowest BCUT2D eigenvalue weighted by Gasteiger charge is -1.97. The highest BCUT2D eigenvalue weighted by atomic mass is 15.6. The standard InChI is InChI=1S/C5H9N/c1-2-4-6-5-3-1/h4H,1-3,5H2/i1+1,3+1,5+1,6+1. The molecule has 1 rings (SSSR count). The first-order valence-corrected chi connectivity index (χ1v) is 2.48. The summed E-state index contributed by atoms with van der Waals surface area (Å²) in [5.74, 6) is 0. The van der Waals surface area contributed by atoms with Crippen molar-refractivity contribution in [1.82, 2.24) is 0 Å². The van der Waals surface area contributed by atoms with E-state index in [1.807, 2.05) is 6.21 Å². The summed E-state index contributed by atoms with van der Waals surface area (Å²) in [5.41, 5.74) is 0. The van der Waals surface area contributed by atoms with Gasteiger partial charge in [0.2, 0.25) is 0 Å². The average Bonchev–Trinajstić information content (AvgIpc) is 1.72. The maximum atomic E-state index is 4.05. The van der Waals surface area contributed by atoms with Gasteiger partial charge in [-0.15, -0.1) is 0 Å². The summed E-state index contributed by atoms with van der Waals surface area (Å²) in [7, 11) is 0. The summed E-state index contributed by atoms with van der Waals surface area (Å²) < 4.78 is 0. The number of hydrogen-bond donors (Lipinski definition) is 0. The Bertz CT molecular complexity index is 49.0. The third-order valence-corrected chi connectivity index (χ3v) is 1.000. The molecule has 34 valence electrons. The second-order valence-electron chi connectivity index (χ2n) is 1.58. The zero-order valence-corrected chi connectivity index (χ0v) is 3.85. The van der Waals surface area contributed by atoms with Crippen LogP contribution in [0.1, 0.15) is 19.3 Å². The zero-order valence-electron chi connectivity index (χ0n) is 3.85. The Morgan fingerprint density at radius 3 is 2.50 bits per heavy atom.